The highest BCUT2D eigenvalue weighted by molar-refractivity contribution is 7.47. The second-order valence-corrected chi connectivity index (χ2v) is 14.7. The molecule has 0 amide bonds. The molecule has 0 rings (SSSR count). The van der Waals surface area contributed by atoms with Crippen molar-refractivity contribution >= 4 is 25.7 Å². The molecule has 0 bridgehead atoms. The molecule has 0 radical (unpaired) electrons. The lowest BCUT2D eigenvalue weighted by Gasteiger charge is -2.20. The fourth-order valence-electron chi connectivity index (χ4n) is 4.71. The van der Waals surface area contributed by atoms with E-state index in [0.29, 0.717) is 25.7 Å². The Bertz CT molecular complexity index is 1350. The van der Waals surface area contributed by atoms with Crippen molar-refractivity contribution in [2.45, 2.75) is 141 Å². The van der Waals surface area contributed by atoms with Gasteiger partial charge in [-0.3, -0.25) is 23.4 Å². The molecule has 57 heavy (non-hydrogen) atoms. The van der Waals surface area contributed by atoms with E-state index >= 15 is 0 Å². The molecule has 4 atom stereocenters. The Labute approximate surface area is 341 Å². The maximum atomic E-state index is 12.6. The number of carbonyl (C=O) groups is 3. The predicted molar refractivity (Wildman–Crippen MR) is 227 cm³/mol. The summed E-state index contributed by atoms with van der Waals surface area (Å²) in [6.45, 7) is 2.35. The van der Waals surface area contributed by atoms with Crippen molar-refractivity contribution in [3.63, 3.8) is 0 Å². The van der Waals surface area contributed by atoms with E-state index in [-0.39, 0.29) is 18.9 Å². The highest BCUT2D eigenvalue weighted by Gasteiger charge is 2.28. The van der Waals surface area contributed by atoms with Gasteiger partial charge in [0, 0.05) is 12.8 Å². The molecule has 0 aromatic rings. The van der Waals surface area contributed by atoms with Gasteiger partial charge in [0.25, 0.3) is 0 Å². The minimum absolute atomic E-state index is 0.0836. The van der Waals surface area contributed by atoms with Gasteiger partial charge in [0.2, 0.25) is 0 Å². The van der Waals surface area contributed by atoms with Crippen LogP contribution in [0.2, 0.25) is 0 Å². The molecule has 0 aliphatic carbocycles. The first kappa shape index (κ1) is 53.4. The number of aliphatic carboxylic acids is 1. The molecule has 5 N–H and O–H groups in total. The number of phosphoric ester groups is 1. The van der Waals surface area contributed by atoms with Crippen molar-refractivity contribution in [2.24, 2.45) is 5.73 Å². The normalized spacial score (nSPS) is 15.3. The van der Waals surface area contributed by atoms with Crippen LogP contribution in [0.15, 0.2) is 97.2 Å². The summed E-state index contributed by atoms with van der Waals surface area (Å²) in [7, 11) is -4.75. The van der Waals surface area contributed by atoms with Gasteiger partial charge in [-0.25, -0.2) is 4.57 Å². The number of unbranched alkanes of at least 4 members (excludes halogenated alkanes) is 3. The highest BCUT2D eigenvalue weighted by atomic mass is 31.2. The largest absolute Gasteiger partial charge is 0.480 e. The van der Waals surface area contributed by atoms with Crippen LogP contribution < -0.4 is 5.73 Å². The number of nitrogens with two attached hydrogens (primary N) is 1. The molecule has 0 saturated heterocycles. The van der Waals surface area contributed by atoms with Gasteiger partial charge in [-0.05, 0) is 89.9 Å². The summed E-state index contributed by atoms with van der Waals surface area (Å²) in [5.74, 6) is -2.55. The van der Waals surface area contributed by atoms with Gasteiger partial charge < -0.3 is 30.3 Å². The predicted octanol–water partition coefficient (Wildman–Crippen LogP) is 9.47. The SMILES string of the molecule is CC/C=C\C/C=C\C/C=C\C/C=C\CCCCC(=O)O[C@H](COC(=O)CCC/C=C\C/C=C\C/C=C\C/C=C\CC(O)CCC)COP(=O)(O)OC[C@H](N)C(=O)O. The molecule has 0 fully saturated rings. The smallest absolute Gasteiger partial charge is 0.472 e. The second-order valence-electron chi connectivity index (χ2n) is 13.2. The van der Waals surface area contributed by atoms with Crippen LogP contribution in [0.25, 0.3) is 0 Å². The third-order valence-electron chi connectivity index (χ3n) is 7.87. The van der Waals surface area contributed by atoms with Crippen LogP contribution in [0, 0.1) is 0 Å². The maximum absolute atomic E-state index is 12.6. The molecule has 13 heteroatoms. The average molecular weight is 820 g/mol. The van der Waals surface area contributed by atoms with Crippen molar-refractivity contribution in [1.29, 1.82) is 0 Å². The van der Waals surface area contributed by atoms with Gasteiger partial charge in [-0.15, -0.1) is 0 Å². The molecule has 0 aromatic heterocycles. The van der Waals surface area contributed by atoms with Crippen LogP contribution in [0.1, 0.15) is 123 Å². The Morgan fingerprint density at radius 2 is 1.11 bits per heavy atom. The van der Waals surface area contributed by atoms with Crippen LogP contribution in [-0.4, -0.2) is 71.1 Å². The van der Waals surface area contributed by atoms with Crippen molar-refractivity contribution in [3.8, 4) is 0 Å². The van der Waals surface area contributed by atoms with Crippen molar-refractivity contribution in [3.05, 3.63) is 97.2 Å². The Morgan fingerprint density at radius 3 is 1.63 bits per heavy atom. The number of carbonyl (C=O) groups excluding carboxylic acids is 2. The Kier molecular flexibility index (Phi) is 35.5. The van der Waals surface area contributed by atoms with E-state index in [1.54, 1.807) is 0 Å². The van der Waals surface area contributed by atoms with Gasteiger partial charge in [-0.1, -0.05) is 117 Å². The summed E-state index contributed by atoms with van der Waals surface area (Å²) < 4.78 is 32.5. The van der Waals surface area contributed by atoms with E-state index in [9.17, 15) is 28.9 Å². The molecule has 322 valence electrons. The number of allylic oxidation sites excluding steroid dienone is 15. The summed E-state index contributed by atoms with van der Waals surface area (Å²) in [5.41, 5.74) is 5.31. The van der Waals surface area contributed by atoms with E-state index < -0.39 is 57.7 Å². The van der Waals surface area contributed by atoms with Gasteiger partial charge in [0.1, 0.15) is 12.6 Å². The monoisotopic (exact) mass is 819 g/mol. The molecule has 0 aromatic carbocycles. The number of carboxylic acids is 1. The first-order chi connectivity index (χ1) is 27.5. The van der Waals surface area contributed by atoms with Crippen LogP contribution in [0.3, 0.4) is 0 Å². The van der Waals surface area contributed by atoms with Crippen molar-refractivity contribution in [1.82, 2.24) is 0 Å². The van der Waals surface area contributed by atoms with Gasteiger partial charge in [0.15, 0.2) is 6.10 Å². The van der Waals surface area contributed by atoms with Crippen LogP contribution in [-0.2, 0) is 37.5 Å². The lowest BCUT2D eigenvalue weighted by atomic mass is 10.1. The number of aliphatic hydroxyl groups excluding tert-OH is 1. The third-order valence-corrected chi connectivity index (χ3v) is 8.82. The summed E-state index contributed by atoms with van der Waals surface area (Å²) in [6, 6.07) is -1.55. The molecule has 2 unspecified atom stereocenters. The molecule has 0 spiro atoms. The Balaban J connectivity index is 4.60. The summed E-state index contributed by atoms with van der Waals surface area (Å²) in [4.78, 5) is 45.8. The first-order valence-electron chi connectivity index (χ1n) is 20.3. The van der Waals surface area contributed by atoms with Crippen LogP contribution in [0.4, 0.5) is 0 Å². The number of phosphoric acid groups is 1. The van der Waals surface area contributed by atoms with E-state index in [4.69, 9.17) is 24.8 Å². The fraction of sp³-hybridized carbons (Fsp3) is 0.568. The molecule has 0 aliphatic heterocycles. The summed E-state index contributed by atoms with van der Waals surface area (Å²) in [5, 5.41) is 18.6. The average Bonchev–Trinajstić information content (AvgIpc) is 3.18. The molecule has 0 saturated carbocycles. The molecule has 12 nitrogen and oxygen atoms in total. The number of hydrogen-bond donors (Lipinski definition) is 4. The zero-order chi connectivity index (χ0) is 42.2. The Morgan fingerprint density at radius 1 is 0.632 bits per heavy atom. The first-order valence-corrected chi connectivity index (χ1v) is 21.8. The number of esters is 2. The maximum Gasteiger partial charge on any atom is 0.472 e. The van der Waals surface area contributed by atoms with E-state index in [0.717, 1.165) is 70.6 Å². The van der Waals surface area contributed by atoms with Crippen LogP contribution in [0.5, 0.6) is 0 Å². The fourth-order valence-corrected chi connectivity index (χ4v) is 5.49. The number of rotatable bonds is 36. The molecule has 0 heterocycles. The van der Waals surface area contributed by atoms with Gasteiger partial charge in [0.05, 0.1) is 19.3 Å². The molecular formula is C44H70NO11P. The lowest BCUT2D eigenvalue weighted by Crippen LogP contribution is -2.34. The van der Waals surface area contributed by atoms with E-state index in [2.05, 4.69) is 97.4 Å². The van der Waals surface area contributed by atoms with Crippen LogP contribution >= 0.6 is 7.82 Å². The third kappa shape index (κ3) is 37.7. The standard InChI is InChI=1S/C44H70NO11P/c1-3-5-6-7-8-9-10-11-12-15-19-22-25-28-31-35-43(48)56-40(37-54-57(51,52)55-38-41(45)44(49)50)36-53-42(47)34-30-27-24-21-18-16-13-14-17-20-23-26-29-33-39(46)32-4-2/h5-6,8-9,11-13,16-17,19-22,24,26,29,39-41,46H,3-4,7,10,14-15,18,23,25,27-28,30-38,45H2,1-2H3,(H,49,50)(H,51,52)/b6-5-,9-8-,12-11-,16-13-,20-17-,22-19-,24-21-,29-26-/t39?,40-,41+/m1/s1. The Hall–Kier alpha value is -3.64. The number of ether oxygens (including phenoxy) is 2. The van der Waals surface area contributed by atoms with E-state index in [1.165, 1.54) is 0 Å². The zero-order valence-corrected chi connectivity index (χ0v) is 35.1. The summed E-state index contributed by atoms with van der Waals surface area (Å²) >= 11 is 0. The number of hydrogen-bond acceptors (Lipinski definition) is 10. The molecule has 0 aliphatic rings. The quantitative estimate of drug-likeness (QED) is 0.0203. The van der Waals surface area contributed by atoms with Crippen molar-refractivity contribution in [2.75, 3.05) is 19.8 Å². The minimum atomic E-state index is -4.75. The second kappa shape index (κ2) is 37.9. The van der Waals surface area contributed by atoms with Gasteiger partial charge in [-0.2, -0.15) is 0 Å². The number of carboxylic acid groups (broad SMARTS) is 1. The minimum Gasteiger partial charge on any atom is -0.480 e. The van der Waals surface area contributed by atoms with E-state index in [1.807, 2.05) is 18.2 Å². The zero-order valence-electron chi connectivity index (χ0n) is 34.2. The lowest BCUT2D eigenvalue weighted by molar-refractivity contribution is -0.161. The van der Waals surface area contributed by atoms with Crippen molar-refractivity contribution < 1.29 is 52.6 Å². The summed E-state index contributed by atoms with van der Waals surface area (Å²) in [6.07, 6.45) is 44.1. The molecular weight excluding hydrogens is 749 g/mol. The highest BCUT2D eigenvalue weighted by Crippen LogP contribution is 2.43. The number of aliphatic hydroxyl groups is 1. The topological polar surface area (TPSA) is 192 Å². The van der Waals surface area contributed by atoms with Gasteiger partial charge >= 0.3 is 25.7 Å².